The van der Waals surface area contributed by atoms with Crippen LogP contribution < -0.4 is 15.6 Å². The van der Waals surface area contributed by atoms with E-state index < -0.39 is 0 Å². The lowest BCUT2D eigenvalue weighted by atomic mass is 10.2. The molecule has 114 valence electrons. The van der Waals surface area contributed by atoms with Crippen LogP contribution in [0.1, 0.15) is 41.6 Å². The van der Waals surface area contributed by atoms with Crippen LogP contribution in [0.15, 0.2) is 48.7 Å². The van der Waals surface area contributed by atoms with Crippen molar-refractivity contribution >= 4 is 11.7 Å². The number of anilines is 1. The summed E-state index contributed by atoms with van der Waals surface area (Å²) >= 11 is 0. The Hall–Kier alpha value is -2.36. The molecular weight excluding hydrogens is 274 g/mol. The summed E-state index contributed by atoms with van der Waals surface area (Å²) in [5, 5.41) is 6.41. The molecule has 0 spiro atoms. The molecular formula is C18H22N3O+. The van der Waals surface area contributed by atoms with Crippen LogP contribution in [0.25, 0.3) is 0 Å². The van der Waals surface area contributed by atoms with Crippen LogP contribution in [0, 0.1) is 0 Å². The van der Waals surface area contributed by atoms with Gasteiger partial charge in [0, 0.05) is 12.6 Å². The van der Waals surface area contributed by atoms with E-state index in [9.17, 15) is 4.79 Å². The number of aromatic nitrogens is 1. The number of pyridine rings is 1. The summed E-state index contributed by atoms with van der Waals surface area (Å²) in [6.45, 7) is 0.543. The average Bonchev–Trinajstić information content (AvgIpc) is 3.07. The van der Waals surface area contributed by atoms with Gasteiger partial charge in [-0.25, -0.2) is 4.98 Å². The van der Waals surface area contributed by atoms with Crippen LogP contribution in [0.3, 0.4) is 0 Å². The maximum Gasteiger partial charge on any atom is 0.272 e. The van der Waals surface area contributed by atoms with Crippen LogP contribution in [-0.2, 0) is 6.54 Å². The summed E-state index contributed by atoms with van der Waals surface area (Å²) in [5.41, 5.74) is 1.74. The molecule has 1 fully saturated rings. The number of carbonyl (C=O) groups excluding carboxylic acids is 1. The molecule has 0 atom stereocenters. The second-order valence-electron chi connectivity index (χ2n) is 5.79. The number of H-pyrrole nitrogens is 1. The molecule has 1 aliphatic rings. The van der Waals surface area contributed by atoms with Crippen molar-refractivity contribution in [1.82, 2.24) is 5.32 Å². The minimum atomic E-state index is -0.0625. The fourth-order valence-corrected chi connectivity index (χ4v) is 2.83. The van der Waals surface area contributed by atoms with Gasteiger partial charge in [0.25, 0.3) is 11.7 Å². The Kier molecular flexibility index (Phi) is 4.68. The van der Waals surface area contributed by atoms with Crippen LogP contribution >= 0.6 is 0 Å². The number of carbonyl (C=O) groups is 1. The molecule has 1 aliphatic carbocycles. The second kappa shape index (κ2) is 7.07. The highest BCUT2D eigenvalue weighted by Crippen LogP contribution is 2.20. The number of hydrogen-bond acceptors (Lipinski definition) is 2. The van der Waals surface area contributed by atoms with Gasteiger partial charge in [-0.1, -0.05) is 30.3 Å². The summed E-state index contributed by atoms with van der Waals surface area (Å²) < 4.78 is 0. The van der Waals surface area contributed by atoms with Crippen molar-refractivity contribution in [2.24, 2.45) is 0 Å². The third-order valence-corrected chi connectivity index (χ3v) is 4.09. The topological polar surface area (TPSA) is 55.3 Å². The molecule has 0 saturated heterocycles. The van der Waals surface area contributed by atoms with E-state index >= 15 is 0 Å². The quantitative estimate of drug-likeness (QED) is 0.891. The van der Waals surface area contributed by atoms with Gasteiger partial charge < -0.3 is 5.32 Å². The molecule has 4 heteroatoms. The lowest BCUT2D eigenvalue weighted by molar-refractivity contribution is -0.361. The molecule has 3 rings (SSSR count). The summed E-state index contributed by atoms with van der Waals surface area (Å²) in [5.74, 6) is 0.916. The van der Waals surface area contributed by atoms with Crippen molar-refractivity contribution in [3.05, 3.63) is 59.8 Å². The Balaban J connectivity index is 1.54. The Morgan fingerprint density at radius 1 is 1.09 bits per heavy atom. The Morgan fingerprint density at radius 2 is 1.86 bits per heavy atom. The van der Waals surface area contributed by atoms with Crippen LogP contribution in [-0.4, -0.2) is 11.9 Å². The highest BCUT2D eigenvalue weighted by Gasteiger charge is 2.19. The van der Waals surface area contributed by atoms with E-state index in [4.69, 9.17) is 0 Å². The Bertz CT molecular complexity index is 604. The van der Waals surface area contributed by atoms with E-state index in [2.05, 4.69) is 15.6 Å². The first-order valence-corrected chi connectivity index (χ1v) is 7.92. The Labute approximate surface area is 131 Å². The van der Waals surface area contributed by atoms with Crippen LogP contribution in [0.4, 0.5) is 5.82 Å². The third-order valence-electron chi connectivity index (χ3n) is 4.09. The molecule has 1 heterocycles. The van der Waals surface area contributed by atoms with Gasteiger partial charge in [-0.3, -0.25) is 10.1 Å². The van der Waals surface area contributed by atoms with Gasteiger partial charge in [-0.15, -0.1) is 0 Å². The molecule has 0 aliphatic heterocycles. The fourth-order valence-electron chi connectivity index (χ4n) is 2.83. The zero-order valence-corrected chi connectivity index (χ0v) is 12.6. The molecule has 1 aromatic heterocycles. The van der Waals surface area contributed by atoms with Crippen molar-refractivity contribution in [3.8, 4) is 0 Å². The monoisotopic (exact) mass is 296 g/mol. The smallest absolute Gasteiger partial charge is 0.272 e. The summed E-state index contributed by atoms with van der Waals surface area (Å²) in [6, 6.07) is 14.3. The fraction of sp³-hybridized carbons (Fsp3) is 0.333. The van der Waals surface area contributed by atoms with E-state index in [0.717, 1.165) is 11.4 Å². The minimum absolute atomic E-state index is 0.0625. The normalized spacial score (nSPS) is 14.7. The number of benzene rings is 1. The van der Waals surface area contributed by atoms with E-state index in [0.29, 0.717) is 18.2 Å². The Morgan fingerprint density at radius 3 is 2.55 bits per heavy atom. The van der Waals surface area contributed by atoms with Crippen LogP contribution in [0.5, 0.6) is 0 Å². The summed E-state index contributed by atoms with van der Waals surface area (Å²) in [4.78, 5) is 15.3. The van der Waals surface area contributed by atoms with Crippen molar-refractivity contribution in [2.75, 3.05) is 5.32 Å². The number of rotatable bonds is 5. The molecule has 1 amide bonds. The van der Waals surface area contributed by atoms with E-state index in [-0.39, 0.29) is 5.91 Å². The van der Waals surface area contributed by atoms with Crippen molar-refractivity contribution in [1.29, 1.82) is 0 Å². The van der Waals surface area contributed by atoms with Gasteiger partial charge in [0.05, 0.1) is 11.6 Å². The van der Waals surface area contributed by atoms with Crippen molar-refractivity contribution < 1.29 is 9.78 Å². The number of nitrogens with one attached hydrogen (secondary N) is 3. The number of amides is 1. The zero-order valence-electron chi connectivity index (χ0n) is 12.6. The molecule has 0 radical (unpaired) electrons. The van der Waals surface area contributed by atoms with Gasteiger partial charge >= 0.3 is 0 Å². The van der Waals surface area contributed by atoms with Gasteiger partial charge in [0.2, 0.25) is 0 Å². The molecule has 1 aromatic carbocycles. The summed E-state index contributed by atoms with van der Waals surface area (Å²) in [6.07, 6.45) is 6.83. The molecule has 3 N–H and O–H groups in total. The molecule has 22 heavy (non-hydrogen) atoms. The number of aromatic amines is 1. The van der Waals surface area contributed by atoms with Crippen LogP contribution in [0.2, 0.25) is 0 Å². The largest absolute Gasteiger partial charge is 0.348 e. The predicted molar refractivity (Wildman–Crippen MR) is 86.5 cm³/mol. The maximum absolute atomic E-state index is 12.1. The van der Waals surface area contributed by atoms with Gasteiger partial charge in [-0.2, -0.15) is 0 Å². The van der Waals surface area contributed by atoms with Crippen molar-refractivity contribution in [3.63, 3.8) is 0 Å². The van der Waals surface area contributed by atoms with Gasteiger partial charge in [0.15, 0.2) is 0 Å². The number of hydrogen-bond donors (Lipinski definition) is 2. The molecule has 2 aromatic rings. The third kappa shape index (κ3) is 3.85. The molecule has 0 unspecified atom stereocenters. The average molecular weight is 296 g/mol. The summed E-state index contributed by atoms with van der Waals surface area (Å²) in [7, 11) is 0. The molecule has 4 nitrogen and oxygen atoms in total. The highest BCUT2D eigenvalue weighted by molar-refractivity contribution is 5.93. The molecule has 0 bridgehead atoms. The zero-order chi connectivity index (χ0) is 15.2. The lowest BCUT2D eigenvalue weighted by Crippen LogP contribution is -2.26. The first kappa shape index (κ1) is 14.6. The van der Waals surface area contributed by atoms with Gasteiger partial charge in [0.1, 0.15) is 6.20 Å². The molecule has 1 saturated carbocycles. The minimum Gasteiger partial charge on any atom is -0.348 e. The van der Waals surface area contributed by atoms with Gasteiger partial charge in [-0.05, 0) is 37.3 Å². The lowest BCUT2D eigenvalue weighted by Gasteiger charge is -2.07. The maximum atomic E-state index is 12.1. The van der Waals surface area contributed by atoms with Crippen molar-refractivity contribution in [2.45, 2.75) is 38.3 Å². The SMILES string of the molecule is O=C(NCc1ccccc1)c1ccc(NC2CCCC2)[nH+]c1. The first-order chi connectivity index (χ1) is 10.8. The van der Waals surface area contributed by atoms with E-state index in [1.165, 1.54) is 25.7 Å². The first-order valence-electron chi connectivity index (χ1n) is 7.92. The second-order valence-corrected chi connectivity index (χ2v) is 5.79. The standard InChI is InChI=1S/C18H21N3O/c22-18(20-12-14-6-2-1-3-7-14)15-10-11-17(19-13-15)21-16-8-4-5-9-16/h1-3,6-7,10-11,13,16H,4-5,8-9,12H2,(H,19,21)(H,20,22)/p+1. The predicted octanol–water partition coefficient (Wildman–Crippen LogP) is 2.79. The highest BCUT2D eigenvalue weighted by atomic mass is 16.1. The van der Waals surface area contributed by atoms with E-state index in [1.807, 2.05) is 42.5 Å². The van der Waals surface area contributed by atoms with E-state index in [1.54, 1.807) is 6.20 Å².